The molecule has 1 spiro atoms. The molecule has 6 nitrogen and oxygen atoms in total. The molecular weight excluding hydrogens is 590 g/mol. The minimum absolute atomic E-state index is 0.605. The molecule has 0 radical (unpaired) electrons. The van der Waals surface area contributed by atoms with E-state index >= 15 is 0 Å². The molecule has 6 heteroatoms. The van der Waals surface area contributed by atoms with Gasteiger partial charge in [0.05, 0.1) is 39.7 Å². The van der Waals surface area contributed by atoms with Crippen LogP contribution in [0.4, 0.5) is 17.2 Å². The average Bonchev–Trinajstić information content (AvgIpc) is 3.46. The largest absolute Gasteiger partial charge is 0.457 e. The van der Waals surface area contributed by atoms with Crippen LogP contribution in [0.3, 0.4) is 0 Å². The first-order valence-corrected chi connectivity index (χ1v) is 16.2. The summed E-state index contributed by atoms with van der Waals surface area (Å²) in [5, 5.41) is 0. The third-order valence-corrected chi connectivity index (χ3v) is 9.88. The van der Waals surface area contributed by atoms with E-state index in [1.165, 1.54) is 22.3 Å². The van der Waals surface area contributed by atoms with Crippen molar-refractivity contribution in [3.63, 3.8) is 0 Å². The highest BCUT2D eigenvalue weighted by molar-refractivity contribution is 6.05. The number of anilines is 3. The molecule has 0 amide bonds. The normalized spacial score (nSPS) is 13.9. The number of hydrogen-bond acceptors (Lipinski definition) is 5. The molecule has 2 aliphatic heterocycles. The number of rotatable bonds is 2. The highest BCUT2D eigenvalue weighted by atomic mass is 16.5. The molecular formula is C42H29N5O. The molecule has 0 bridgehead atoms. The number of benzene rings is 4. The van der Waals surface area contributed by atoms with Crippen molar-refractivity contribution in [2.24, 2.45) is 0 Å². The Balaban J connectivity index is 1.30. The maximum atomic E-state index is 6.60. The molecule has 48 heavy (non-hydrogen) atoms. The Morgan fingerprint density at radius 3 is 1.90 bits per heavy atom. The summed E-state index contributed by atoms with van der Waals surface area (Å²) in [6, 6.07) is 43.0. The van der Waals surface area contributed by atoms with E-state index in [1.54, 1.807) is 6.20 Å². The maximum Gasteiger partial charge on any atom is 0.138 e. The molecule has 10 rings (SSSR count). The van der Waals surface area contributed by atoms with E-state index in [4.69, 9.17) is 14.7 Å². The number of aromatic nitrogens is 4. The summed E-state index contributed by atoms with van der Waals surface area (Å²) >= 11 is 0. The van der Waals surface area contributed by atoms with Crippen molar-refractivity contribution in [1.29, 1.82) is 0 Å². The lowest BCUT2D eigenvalue weighted by Crippen LogP contribution is -2.40. The molecule has 2 aliphatic rings. The average molecular weight is 620 g/mol. The summed E-state index contributed by atoms with van der Waals surface area (Å²) in [5.41, 5.74) is 13.2. The Hall–Kier alpha value is -6.27. The summed E-state index contributed by atoms with van der Waals surface area (Å²) in [5.74, 6) is 2.58. The van der Waals surface area contributed by atoms with E-state index in [-0.39, 0.29) is 0 Å². The van der Waals surface area contributed by atoms with Gasteiger partial charge in [0.25, 0.3) is 0 Å². The maximum absolute atomic E-state index is 6.60. The lowest BCUT2D eigenvalue weighted by Gasteiger charge is -2.48. The standard InChI is InChI=1S/C42H29N5O/c1-26-15-17-33-31(23-26)42(29-10-3-5-13-37(29)48-38-14-6-4-11-30(38)42)32-24-27(2)16-18-34(32)47(33)39-20-19-36-41(45-39)40-35(12-8-22-44-40)46(36)28-9-7-21-43-25-28/h3-25H,1-2H3. The molecule has 228 valence electrons. The van der Waals surface area contributed by atoms with Gasteiger partial charge in [-0.05, 0) is 85.6 Å². The Bertz CT molecular complexity index is 2490. The van der Waals surface area contributed by atoms with Gasteiger partial charge in [-0.2, -0.15) is 0 Å². The van der Waals surface area contributed by atoms with Crippen LogP contribution in [0.15, 0.2) is 140 Å². The number of pyridine rings is 3. The number of para-hydroxylation sites is 2. The van der Waals surface area contributed by atoms with Crippen molar-refractivity contribution in [2.75, 3.05) is 4.90 Å². The number of aryl methyl sites for hydroxylation is 2. The molecule has 0 N–H and O–H groups in total. The Kier molecular flexibility index (Phi) is 5.53. The Labute approximate surface area is 277 Å². The summed E-state index contributed by atoms with van der Waals surface area (Å²) in [7, 11) is 0. The zero-order valence-corrected chi connectivity index (χ0v) is 26.4. The molecule has 0 aliphatic carbocycles. The van der Waals surface area contributed by atoms with E-state index < -0.39 is 5.41 Å². The third kappa shape index (κ3) is 3.54. The van der Waals surface area contributed by atoms with Gasteiger partial charge in [-0.1, -0.05) is 71.8 Å². The summed E-state index contributed by atoms with van der Waals surface area (Å²) in [4.78, 5) is 17.0. The van der Waals surface area contributed by atoms with E-state index in [0.29, 0.717) is 0 Å². The van der Waals surface area contributed by atoms with Crippen molar-refractivity contribution in [2.45, 2.75) is 19.3 Å². The molecule has 6 heterocycles. The summed E-state index contributed by atoms with van der Waals surface area (Å²) < 4.78 is 8.79. The zero-order valence-electron chi connectivity index (χ0n) is 26.4. The molecule has 4 aromatic heterocycles. The zero-order chi connectivity index (χ0) is 32.0. The second-order valence-corrected chi connectivity index (χ2v) is 12.7. The van der Waals surface area contributed by atoms with Crippen molar-refractivity contribution in [3.8, 4) is 17.2 Å². The van der Waals surface area contributed by atoms with Crippen LogP contribution in [0, 0.1) is 13.8 Å². The fourth-order valence-corrected chi connectivity index (χ4v) is 7.96. The van der Waals surface area contributed by atoms with Gasteiger partial charge >= 0.3 is 0 Å². The van der Waals surface area contributed by atoms with Crippen LogP contribution in [0.1, 0.15) is 33.4 Å². The van der Waals surface area contributed by atoms with Gasteiger partial charge in [0.1, 0.15) is 28.4 Å². The minimum Gasteiger partial charge on any atom is -0.457 e. The van der Waals surface area contributed by atoms with Gasteiger partial charge in [-0.15, -0.1) is 0 Å². The van der Waals surface area contributed by atoms with Crippen LogP contribution < -0.4 is 9.64 Å². The lowest BCUT2D eigenvalue weighted by molar-refractivity contribution is 0.434. The van der Waals surface area contributed by atoms with Gasteiger partial charge in [-0.25, -0.2) is 4.98 Å². The van der Waals surface area contributed by atoms with Crippen molar-refractivity contribution in [3.05, 3.63) is 173 Å². The topological polar surface area (TPSA) is 56.1 Å². The van der Waals surface area contributed by atoms with Crippen LogP contribution in [-0.4, -0.2) is 19.5 Å². The predicted octanol–water partition coefficient (Wildman–Crippen LogP) is 9.86. The quantitative estimate of drug-likeness (QED) is 0.193. The van der Waals surface area contributed by atoms with Crippen molar-refractivity contribution >= 4 is 39.3 Å². The first-order chi connectivity index (χ1) is 23.6. The molecule has 4 aromatic carbocycles. The first kappa shape index (κ1) is 26.9. The SMILES string of the molecule is Cc1ccc2c(c1)C1(c3ccccc3Oc3ccccc31)c1cc(C)ccc1N2c1ccc2c(n1)c1ncccc1n2-c1cccnc1. The van der Waals surface area contributed by atoms with E-state index in [9.17, 15) is 0 Å². The second kappa shape index (κ2) is 9.86. The van der Waals surface area contributed by atoms with Gasteiger partial charge in [0, 0.05) is 23.5 Å². The smallest absolute Gasteiger partial charge is 0.138 e. The van der Waals surface area contributed by atoms with Gasteiger partial charge in [0.15, 0.2) is 0 Å². The van der Waals surface area contributed by atoms with Crippen LogP contribution in [0.5, 0.6) is 11.5 Å². The summed E-state index contributed by atoms with van der Waals surface area (Å²) in [6.45, 7) is 4.34. The number of nitrogens with zero attached hydrogens (tertiary/aromatic N) is 5. The highest BCUT2D eigenvalue weighted by Crippen LogP contribution is 2.62. The van der Waals surface area contributed by atoms with Gasteiger partial charge in [0.2, 0.25) is 0 Å². The first-order valence-electron chi connectivity index (χ1n) is 16.2. The Morgan fingerprint density at radius 1 is 0.583 bits per heavy atom. The van der Waals surface area contributed by atoms with Crippen LogP contribution >= 0.6 is 0 Å². The van der Waals surface area contributed by atoms with Gasteiger partial charge in [-0.3, -0.25) is 14.9 Å². The van der Waals surface area contributed by atoms with Gasteiger partial charge < -0.3 is 9.30 Å². The molecule has 0 saturated heterocycles. The van der Waals surface area contributed by atoms with E-state index in [2.05, 4.69) is 137 Å². The fourth-order valence-electron chi connectivity index (χ4n) is 7.96. The predicted molar refractivity (Wildman–Crippen MR) is 190 cm³/mol. The fraction of sp³-hybridized carbons (Fsp3) is 0.0714. The van der Waals surface area contributed by atoms with Crippen LogP contribution in [0.25, 0.3) is 27.8 Å². The lowest BCUT2D eigenvalue weighted by atomic mass is 9.61. The molecule has 0 atom stereocenters. The van der Waals surface area contributed by atoms with Crippen LogP contribution in [0.2, 0.25) is 0 Å². The van der Waals surface area contributed by atoms with E-state index in [0.717, 1.165) is 67.6 Å². The number of fused-ring (bicyclic) bond motifs is 11. The van der Waals surface area contributed by atoms with Crippen molar-refractivity contribution in [1.82, 2.24) is 19.5 Å². The summed E-state index contributed by atoms with van der Waals surface area (Å²) in [6.07, 6.45) is 5.51. The van der Waals surface area contributed by atoms with Crippen LogP contribution in [-0.2, 0) is 5.41 Å². The minimum atomic E-state index is -0.605. The second-order valence-electron chi connectivity index (χ2n) is 12.7. The van der Waals surface area contributed by atoms with Crippen molar-refractivity contribution < 1.29 is 4.74 Å². The highest BCUT2D eigenvalue weighted by Gasteiger charge is 2.51. The number of hydrogen-bond donors (Lipinski definition) is 0. The monoisotopic (exact) mass is 619 g/mol. The van der Waals surface area contributed by atoms with E-state index in [1.807, 2.05) is 24.5 Å². The Morgan fingerprint density at radius 2 is 1.23 bits per heavy atom. The molecule has 8 aromatic rings. The third-order valence-electron chi connectivity index (χ3n) is 9.88. The molecule has 0 unspecified atom stereocenters. The molecule has 0 saturated carbocycles. The number of ether oxygens (including phenoxy) is 1. The molecule has 0 fully saturated rings.